The predicted octanol–water partition coefficient (Wildman–Crippen LogP) is 7.10. The smallest absolute Gasteiger partial charge is 0.473 e. The van der Waals surface area contributed by atoms with Crippen LogP contribution in [0.1, 0.15) is 5.56 Å². The SMILES string of the molecule is C[Si](C)(C)O[Si](CCOc1ccc(-c2ccc(C#N)cc2)cc1)(O[Si](C)(C)C)O[Si](C)(C)C. The number of ether oxygens (including phenoxy) is 1. The normalized spacial score (nSPS) is 13.0. The summed E-state index contributed by atoms with van der Waals surface area (Å²) in [6.07, 6.45) is 0. The molecular weight excluding hydrogens is 479 g/mol. The van der Waals surface area contributed by atoms with Crippen molar-refractivity contribution in [3.63, 3.8) is 0 Å². The molecule has 0 aliphatic heterocycles. The monoisotopic (exact) mass is 517 g/mol. The van der Waals surface area contributed by atoms with Gasteiger partial charge in [0.05, 0.1) is 18.2 Å². The van der Waals surface area contributed by atoms with Crippen LogP contribution in [0, 0.1) is 11.3 Å². The Labute approximate surface area is 204 Å². The summed E-state index contributed by atoms with van der Waals surface area (Å²) in [6, 6.07) is 18.4. The molecule has 0 radical (unpaired) electrons. The fourth-order valence-corrected chi connectivity index (χ4v) is 17.8. The summed E-state index contributed by atoms with van der Waals surface area (Å²) in [4.78, 5) is 0. The van der Waals surface area contributed by atoms with Crippen LogP contribution in [-0.2, 0) is 12.3 Å². The lowest BCUT2D eigenvalue weighted by molar-refractivity contribution is 0.232. The van der Waals surface area contributed by atoms with Crippen molar-refractivity contribution < 1.29 is 17.1 Å². The van der Waals surface area contributed by atoms with E-state index >= 15 is 0 Å². The van der Waals surface area contributed by atoms with Crippen LogP contribution in [0.5, 0.6) is 5.75 Å². The fraction of sp³-hybridized carbons (Fsp3) is 0.458. The topological polar surface area (TPSA) is 60.7 Å². The van der Waals surface area contributed by atoms with Crippen LogP contribution in [0.25, 0.3) is 11.1 Å². The first-order valence-corrected chi connectivity index (χ1v) is 23.6. The minimum atomic E-state index is -2.89. The molecule has 0 aliphatic carbocycles. The van der Waals surface area contributed by atoms with Gasteiger partial charge in [0, 0.05) is 6.04 Å². The average molecular weight is 518 g/mol. The van der Waals surface area contributed by atoms with E-state index in [4.69, 9.17) is 22.3 Å². The predicted molar refractivity (Wildman–Crippen MR) is 146 cm³/mol. The van der Waals surface area contributed by atoms with Gasteiger partial charge in [0.25, 0.3) is 0 Å². The number of nitriles is 1. The molecule has 0 spiro atoms. The van der Waals surface area contributed by atoms with Gasteiger partial charge in [-0.05, 0) is 94.3 Å². The van der Waals surface area contributed by atoms with Crippen LogP contribution < -0.4 is 4.74 Å². The number of benzene rings is 2. The molecule has 2 rings (SSSR count). The summed E-state index contributed by atoms with van der Waals surface area (Å²) in [7, 11) is -8.57. The van der Waals surface area contributed by atoms with Crippen molar-refractivity contribution in [3.05, 3.63) is 54.1 Å². The first-order chi connectivity index (χ1) is 15.1. The van der Waals surface area contributed by atoms with E-state index < -0.39 is 33.8 Å². The Kier molecular flexibility index (Phi) is 9.09. The molecule has 0 heterocycles. The van der Waals surface area contributed by atoms with Gasteiger partial charge in [0.2, 0.25) is 0 Å². The molecule has 5 nitrogen and oxygen atoms in total. The number of nitrogens with zero attached hydrogens (tertiary/aromatic N) is 1. The van der Waals surface area contributed by atoms with E-state index in [1.54, 1.807) is 0 Å². The van der Waals surface area contributed by atoms with Crippen LogP contribution in [0.2, 0.25) is 65.0 Å². The molecule has 180 valence electrons. The summed E-state index contributed by atoms with van der Waals surface area (Å²) in [6.45, 7) is 20.2. The second-order valence-electron chi connectivity index (χ2n) is 11.1. The molecule has 0 atom stereocenters. The molecular formula is C24H39NO4Si4. The summed E-state index contributed by atoms with van der Waals surface area (Å²) in [5.41, 5.74) is 2.82. The van der Waals surface area contributed by atoms with E-state index in [0.29, 0.717) is 18.2 Å². The van der Waals surface area contributed by atoms with E-state index in [-0.39, 0.29) is 0 Å². The molecule has 0 amide bonds. The van der Waals surface area contributed by atoms with Gasteiger partial charge in [-0.25, -0.2) is 0 Å². The summed E-state index contributed by atoms with van der Waals surface area (Å²) in [5, 5.41) is 8.98. The lowest BCUT2D eigenvalue weighted by atomic mass is 10.0. The van der Waals surface area contributed by atoms with Gasteiger partial charge >= 0.3 is 8.80 Å². The number of hydrogen-bond acceptors (Lipinski definition) is 5. The highest BCUT2D eigenvalue weighted by molar-refractivity contribution is 6.90. The maximum Gasteiger partial charge on any atom is 0.473 e. The molecule has 2 aromatic rings. The zero-order valence-corrected chi connectivity index (χ0v) is 25.6. The van der Waals surface area contributed by atoms with Gasteiger partial charge in [-0.15, -0.1) is 0 Å². The van der Waals surface area contributed by atoms with E-state index in [2.05, 4.69) is 65.0 Å². The fourth-order valence-electron chi connectivity index (χ4n) is 3.39. The summed E-state index contributed by atoms with van der Waals surface area (Å²) in [5.74, 6) is 0.810. The molecule has 0 aliphatic rings. The molecule has 33 heavy (non-hydrogen) atoms. The summed E-state index contributed by atoms with van der Waals surface area (Å²) < 4.78 is 26.3. The first-order valence-electron chi connectivity index (χ1n) is 11.4. The van der Waals surface area contributed by atoms with Crippen molar-refractivity contribution in [2.24, 2.45) is 0 Å². The largest absolute Gasteiger partial charge is 0.494 e. The molecule has 0 aromatic heterocycles. The van der Waals surface area contributed by atoms with Crippen LogP contribution in [-0.4, -0.2) is 40.4 Å². The number of rotatable bonds is 11. The molecule has 9 heteroatoms. The Bertz CT molecular complexity index is 897. The lowest BCUT2D eigenvalue weighted by Gasteiger charge is -2.42. The zero-order valence-electron chi connectivity index (χ0n) is 21.6. The summed E-state index contributed by atoms with van der Waals surface area (Å²) >= 11 is 0. The highest BCUT2D eigenvalue weighted by Gasteiger charge is 2.49. The van der Waals surface area contributed by atoms with Crippen molar-refractivity contribution in [2.45, 2.75) is 65.0 Å². The highest BCUT2D eigenvalue weighted by Crippen LogP contribution is 2.29. The van der Waals surface area contributed by atoms with Gasteiger partial charge < -0.3 is 17.1 Å². The van der Waals surface area contributed by atoms with Gasteiger partial charge in [-0.3, -0.25) is 0 Å². The minimum Gasteiger partial charge on any atom is -0.494 e. The molecule has 0 N–H and O–H groups in total. The highest BCUT2D eigenvalue weighted by atomic mass is 28.5. The Balaban J connectivity index is 2.14. The first kappa shape index (κ1) is 27.7. The Morgan fingerprint density at radius 3 is 1.39 bits per heavy atom. The van der Waals surface area contributed by atoms with Crippen molar-refractivity contribution in [3.8, 4) is 22.9 Å². The average Bonchev–Trinajstić information content (AvgIpc) is 2.64. The maximum atomic E-state index is 8.98. The van der Waals surface area contributed by atoms with E-state index in [9.17, 15) is 0 Å². The van der Waals surface area contributed by atoms with Crippen molar-refractivity contribution in [2.75, 3.05) is 6.61 Å². The maximum absolute atomic E-state index is 8.98. The van der Waals surface area contributed by atoms with Crippen LogP contribution >= 0.6 is 0 Å². The van der Waals surface area contributed by atoms with Gasteiger partial charge in [-0.1, -0.05) is 24.3 Å². The van der Waals surface area contributed by atoms with E-state index in [1.807, 2.05) is 48.5 Å². The second-order valence-corrected chi connectivity index (χ2v) is 28.1. The lowest BCUT2D eigenvalue weighted by Crippen LogP contribution is -2.60. The Hall–Kier alpha value is -1.52. The Morgan fingerprint density at radius 2 is 1.03 bits per heavy atom. The van der Waals surface area contributed by atoms with Crippen molar-refractivity contribution >= 4 is 33.8 Å². The van der Waals surface area contributed by atoms with Crippen molar-refractivity contribution in [1.82, 2.24) is 0 Å². The van der Waals surface area contributed by atoms with E-state index in [0.717, 1.165) is 16.9 Å². The molecule has 0 unspecified atom stereocenters. The van der Waals surface area contributed by atoms with Crippen LogP contribution in [0.4, 0.5) is 0 Å². The minimum absolute atomic E-state index is 0.488. The third kappa shape index (κ3) is 10.1. The third-order valence-electron chi connectivity index (χ3n) is 4.26. The van der Waals surface area contributed by atoms with Gasteiger partial charge in [-0.2, -0.15) is 5.26 Å². The zero-order chi connectivity index (χ0) is 24.9. The number of hydrogen-bond donors (Lipinski definition) is 0. The van der Waals surface area contributed by atoms with Crippen molar-refractivity contribution in [1.29, 1.82) is 5.26 Å². The quantitative estimate of drug-likeness (QED) is 0.298. The molecule has 0 saturated carbocycles. The molecule has 0 bridgehead atoms. The van der Waals surface area contributed by atoms with Crippen LogP contribution in [0.15, 0.2) is 48.5 Å². The van der Waals surface area contributed by atoms with Gasteiger partial charge in [0.1, 0.15) is 5.75 Å². The Morgan fingerprint density at radius 1 is 0.636 bits per heavy atom. The molecule has 0 fully saturated rings. The van der Waals surface area contributed by atoms with Gasteiger partial charge in [0.15, 0.2) is 25.0 Å². The standard InChI is InChI=1S/C24H39NO4Si4/c1-30(2,3)27-33(28-31(4,5)6,29-32(7,8)9)19-18-26-24-16-14-23(15-17-24)22-12-10-21(20-25)11-13-22/h10-17H,18-19H2,1-9H3. The van der Waals surface area contributed by atoms with Crippen LogP contribution in [0.3, 0.4) is 0 Å². The second kappa shape index (κ2) is 10.8. The third-order valence-corrected chi connectivity index (χ3v) is 16.2. The molecule has 0 saturated heterocycles. The van der Waals surface area contributed by atoms with E-state index in [1.165, 1.54) is 0 Å². The molecule has 2 aromatic carbocycles.